The summed E-state index contributed by atoms with van der Waals surface area (Å²) in [6.07, 6.45) is 0. The number of nitrogens with zero attached hydrogens (tertiary/aromatic N) is 2. The van der Waals surface area contributed by atoms with Gasteiger partial charge in [-0.2, -0.15) is 0 Å². The minimum Gasteiger partial charge on any atom is -0.310 e. The third kappa shape index (κ3) is 7.72. The monoisotopic (exact) mass is 950 g/mol. The van der Waals surface area contributed by atoms with Crippen LogP contribution in [-0.4, -0.2) is 4.57 Å². The molecule has 0 saturated heterocycles. The SMILES string of the molecule is CC(C)(C)c1ccc2c(c1)c1cc(C(C)(C)C)ccc1n2-c1ccc2ccc3c(N(c4ccc(-c5ccc(-c6ccccc6)cc5)cc4)c4ccc(-c5ccccc5-c5ccccc5)cc4)ccc4ccc1c2c43. The van der Waals surface area contributed by atoms with Gasteiger partial charge in [0.15, 0.2) is 0 Å². The molecule has 0 aliphatic heterocycles. The van der Waals surface area contributed by atoms with Crippen molar-refractivity contribution in [2.24, 2.45) is 0 Å². The van der Waals surface area contributed by atoms with E-state index in [0.29, 0.717) is 0 Å². The molecule has 12 aromatic carbocycles. The zero-order chi connectivity index (χ0) is 50.3. The largest absolute Gasteiger partial charge is 0.310 e. The van der Waals surface area contributed by atoms with E-state index >= 15 is 0 Å². The lowest BCUT2D eigenvalue weighted by atomic mass is 9.85. The molecule has 0 radical (unpaired) electrons. The standard InChI is InChI=1S/C72H58N2/c1-71(2,3)55-33-43-67-63(45-55)64-46-56(72(4,5)6)34-44-68(64)74(67)66-42-32-54-29-39-61-65(41-31-53-30-40-62(66)70(54)69(53)61)73(57-35-25-50(26-36-57)49-23-21-48(22-24-49)47-15-9-7-10-16-47)58-37-27-52(28-38-58)60-20-14-13-19-59(60)51-17-11-8-12-18-51/h7-46H,1-6H3. The predicted octanol–water partition coefficient (Wildman–Crippen LogP) is 20.4. The van der Waals surface area contributed by atoms with Gasteiger partial charge in [0.05, 0.1) is 22.4 Å². The second-order valence-electron chi connectivity index (χ2n) is 22.2. The number of benzene rings is 12. The van der Waals surface area contributed by atoms with E-state index in [-0.39, 0.29) is 10.8 Å². The summed E-state index contributed by atoms with van der Waals surface area (Å²) in [5, 5.41) is 10.1. The molecule has 0 aliphatic carbocycles. The van der Waals surface area contributed by atoms with Gasteiger partial charge in [0, 0.05) is 32.9 Å². The molecular weight excluding hydrogens is 893 g/mol. The van der Waals surface area contributed by atoms with Crippen molar-refractivity contribution in [3.63, 3.8) is 0 Å². The van der Waals surface area contributed by atoms with Crippen LogP contribution in [0, 0.1) is 0 Å². The first-order valence-electron chi connectivity index (χ1n) is 26.1. The fourth-order valence-corrected chi connectivity index (χ4v) is 11.5. The minimum atomic E-state index is 0.0236. The van der Waals surface area contributed by atoms with Gasteiger partial charge in [-0.05, 0) is 149 Å². The number of fused-ring (bicyclic) bond motifs is 3. The Morgan fingerprint density at radius 3 is 1.22 bits per heavy atom. The van der Waals surface area contributed by atoms with Crippen LogP contribution < -0.4 is 4.90 Å². The van der Waals surface area contributed by atoms with Crippen LogP contribution in [-0.2, 0) is 10.8 Å². The second-order valence-corrected chi connectivity index (χ2v) is 22.2. The van der Waals surface area contributed by atoms with E-state index in [1.54, 1.807) is 0 Å². The Kier molecular flexibility index (Phi) is 10.7. The summed E-state index contributed by atoms with van der Waals surface area (Å²) in [4.78, 5) is 2.45. The van der Waals surface area contributed by atoms with Crippen LogP contribution in [0.25, 0.3) is 104 Å². The Labute approximate surface area is 434 Å². The average Bonchev–Trinajstić information content (AvgIpc) is 3.80. The molecule has 1 heterocycles. The van der Waals surface area contributed by atoms with Gasteiger partial charge in [0.25, 0.3) is 0 Å². The lowest BCUT2D eigenvalue weighted by Crippen LogP contribution is -2.10. The molecule has 13 rings (SSSR count). The minimum absolute atomic E-state index is 0.0236. The maximum atomic E-state index is 2.52. The number of hydrogen-bond acceptors (Lipinski definition) is 1. The zero-order valence-electron chi connectivity index (χ0n) is 43.0. The highest BCUT2D eigenvalue weighted by Gasteiger charge is 2.24. The van der Waals surface area contributed by atoms with Crippen molar-refractivity contribution in [2.75, 3.05) is 4.90 Å². The summed E-state index contributed by atoms with van der Waals surface area (Å²) in [7, 11) is 0. The van der Waals surface area contributed by atoms with Crippen molar-refractivity contribution in [2.45, 2.75) is 52.4 Å². The molecule has 0 unspecified atom stereocenters. The molecule has 74 heavy (non-hydrogen) atoms. The highest BCUT2D eigenvalue weighted by atomic mass is 15.1. The molecule has 13 aromatic rings. The van der Waals surface area contributed by atoms with Crippen LogP contribution in [0.1, 0.15) is 52.7 Å². The van der Waals surface area contributed by atoms with Crippen LogP contribution in [0.2, 0.25) is 0 Å². The van der Waals surface area contributed by atoms with Crippen LogP contribution in [0.3, 0.4) is 0 Å². The van der Waals surface area contributed by atoms with Gasteiger partial charge in [0.1, 0.15) is 0 Å². The molecule has 0 aliphatic rings. The predicted molar refractivity (Wildman–Crippen MR) is 318 cm³/mol. The first-order valence-corrected chi connectivity index (χ1v) is 26.1. The zero-order valence-corrected chi connectivity index (χ0v) is 43.0. The highest BCUT2D eigenvalue weighted by Crippen LogP contribution is 2.47. The molecule has 2 nitrogen and oxygen atoms in total. The number of hydrogen-bond donors (Lipinski definition) is 0. The van der Waals surface area contributed by atoms with E-state index in [9.17, 15) is 0 Å². The molecule has 0 bridgehead atoms. The summed E-state index contributed by atoms with van der Waals surface area (Å²) >= 11 is 0. The number of anilines is 3. The normalized spacial score (nSPS) is 12.2. The van der Waals surface area contributed by atoms with Gasteiger partial charge in [-0.15, -0.1) is 0 Å². The highest BCUT2D eigenvalue weighted by molar-refractivity contribution is 6.27. The van der Waals surface area contributed by atoms with E-state index < -0.39 is 0 Å². The summed E-state index contributed by atoms with van der Waals surface area (Å²) in [6, 6.07) is 90.2. The van der Waals surface area contributed by atoms with Crippen molar-refractivity contribution in [3.05, 3.63) is 254 Å². The molecular formula is C72H58N2. The third-order valence-electron chi connectivity index (χ3n) is 15.5. The Hall–Kier alpha value is -8.72. The lowest BCUT2D eigenvalue weighted by molar-refractivity contribution is 0.590. The molecule has 0 N–H and O–H groups in total. The van der Waals surface area contributed by atoms with Gasteiger partial charge in [0.2, 0.25) is 0 Å². The quantitative estimate of drug-likeness (QED) is 0.138. The smallest absolute Gasteiger partial charge is 0.0541 e. The fourth-order valence-electron chi connectivity index (χ4n) is 11.5. The molecule has 0 spiro atoms. The molecule has 356 valence electrons. The topological polar surface area (TPSA) is 8.17 Å². The lowest BCUT2D eigenvalue weighted by Gasteiger charge is -2.28. The maximum Gasteiger partial charge on any atom is 0.0541 e. The Morgan fingerprint density at radius 1 is 0.311 bits per heavy atom. The van der Waals surface area contributed by atoms with Crippen molar-refractivity contribution >= 4 is 71.2 Å². The Balaban J connectivity index is 0.982. The summed E-state index contributed by atoms with van der Waals surface area (Å²) < 4.78 is 2.52. The Bertz CT molecular complexity index is 4130. The van der Waals surface area contributed by atoms with Gasteiger partial charge in [-0.1, -0.05) is 224 Å². The van der Waals surface area contributed by atoms with E-state index in [1.807, 2.05) is 0 Å². The molecule has 0 saturated carbocycles. The number of rotatable bonds is 8. The van der Waals surface area contributed by atoms with Gasteiger partial charge in [-0.25, -0.2) is 0 Å². The van der Waals surface area contributed by atoms with E-state index in [0.717, 1.165) is 17.1 Å². The van der Waals surface area contributed by atoms with Gasteiger partial charge in [-0.3, -0.25) is 0 Å². The Morgan fingerprint density at radius 2 is 0.703 bits per heavy atom. The first-order chi connectivity index (χ1) is 36.0. The van der Waals surface area contributed by atoms with E-state index in [1.165, 1.54) is 115 Å². The molecule has 0 fully saturated rings. The van der Waals surface area contributed by atoms with Crippen molar-refractivity contribution in [3.8, 4) is 50.2 Å². The summed E-state index contributed by atoms with van der Waals surface area (Å²) in [6.45, 7) is 13.9. The first kappa shape index (κ1) is 45.2. The maximum absolute atomic E-state index is 2.52. The molecule has 0 atom stereocenters. The molecule has 2 heteroatoms. The van der Waals surface area contributed by atoms with Crippen LogP contribution in [0.4, 0.5) is 17.1 Å². The third-order valence-corrected chi connectivity index (χ3v) is 15.5. The van der Waals surface area contributed by atoms with Crippen molar-refractivity contribution in [1.82, 2.24) is 4.57 Å². The van der Waals surface area contributed by atoms with Crippen molar-refractivity contribution < 1.29 is 0 Å². The summed E-state index contributed by atoms with van der Waals surface area (Å²) in [5.74, 6) is 0. The van der Waals surface area contributed by atoms with E-state index in [4.69, 9.17) is 0 Å². The second kappa shape index (κ2) is 17.5. The fraction of sp³-hybridized carbons (Fsp3) is 0.111. The van der Waals surface area contributed by atoms with Gasteiger partial charge >= 0.3 is 0 Å². The van der Waals surface area contributed by atoms with Crippen LogP contribution in [0.15, 0.2) is 243 Å². The summed E-state index contributed by atoms with van der Waals surface area (Å²) in [5.41, 5.74) is 19.3. The van der Waals surface area contributed by atoms with Crippen LogP contribution >= 0.6 is 0 Å². The van der Waals surface area contributed by atoms with Crippen LogP contribution in [0.5, 0.6) is 0 Å². The van der Waals surface area contributed by atoms with Gasteiger partial charge < -0.3 is 9.47 Å². The van der Waals surface area contributed by atoms with Crippen molar-refractivity contribution in [1.29, 1.82) is 0 Å². The average molecular weight is 951 g/mol. The molecule has 1 aromatic heterocycles. The molecule has 0 amide bonds. The van der Waals surface area contributed by atoms with E-state index in [2.05, 4.69) is 294 Å². The number of aromatic nitrogens is 1.